The Kier molecular flexibility index (Phi) is 11.3. The van der Waals surface area contributed by atoms with Gasteiger partial charge in [0, 0.05) is 24.7 Å². The largest absolute Gasteiger partial charge is 0.508 e. The molecule has 12 heteroatoms. The molecule has 1 aromatic carbocycles. The number of aromatic amines is 1. The molecule has 208 valence electrons. The number of hydrogen-bond donors (Lipinski definition) is 7. The Bertz CT molecular complexity index is 1070. The molecule has 2 rings (SSSR count). The van der Waals surface area contributed by atoms with E-state index >= 15 is 0 Å². The van der Waals surface area contributed by atoms with E-state index in [-0.39, 0.29) is 30.4 Å². The zero-order valence-corrected chi connectivity index (χ0v) is 22.1. The van der Waals surface area contributed by atoms with Gasteiger partial charge in [-0.1, -0.05) is 39.8 Å². The molecule has 4 unspecified atom stereocenters. The van der Waals surface area contributed by atoms with Crippen LogP contribution in [0.3, 0.4) is 0 Å². The van der Waals surface area contributed by atoms with Gasteiger partial charge in [-0.05, 0) is 36.0 Å². The molecule has 1 heterocycles. The van der Waals surface area contributed by atoms with Gasteiger partial charge in [-0.3, -0.25) is 14.4 Å². The number of phenols is 1. The van der Waals surface area contributed by atoms with Gasteiger partial charge in [0.1, 0.15) is 23.9 Å². The molecular weight excluding hydrogens is 492 g/mol. The zero-order chi connectivity index (χ0) is 28.4. The van der Waals surface area contributed by atoms with Crippen molar-refractivity contribution in [3.8, 4) is 5.75 Å². The second-order valence-corrected chi connectivity index (χ2v) is 10.1. The van der Waals surface area contributed by atoms with Crippen LogP contribution < -0.4 is 21.7 Å². The molecule has 0 spiro atoms. The summed E-state index contributed by atoms with van der Waals surface area (Å²) in [5.74, 6) is -3.10. The van der Waals surface area contributed by atoms with Gasteiger partial charge >= 0.3 is 5.97 Å². The number of aromatic hydroxyl groups is 1. The minimum absolute atomic E-state index is 0.0109. The third-order valence-corrected chi connectivity index (χ3v) is 5.96. The van der Waals surface area contributed by atoms with Crippen molar-refractivity contribution in [2.45, 2.75) is 71.1 Å². The molecule has 3 amide bonds. The van der Waals surface area contributed by atoms with Gasteiger partial charge in [0.25, 0.3) is 0 Å². The number of carbonyl (C=O) groups is 4. The van der Waals surface area contributed by atoms with Gasteiger partial charge in [0.05, 0.1) is 12.4 Å². The van der Waals surface area contributed by atoms with Gasteiger partial charge in [-0.2, -0.15) is 0 Å². The Morgan fingerprint density at radius 3 is 2.00 bits per heavy atom. The summed E-state index contributed by atoms with van der Waals surface area (Å²) in [7, 11) is 0. The van der Waals surface area contributed by atoms with Crippen LogP contribution in [0.1, 0.15) is 45.4 Å². The number of imidazole rings is 1. The molecule has 0 aliphatic heterocycles. The molecule has 0 aliphatic carbocycles. The Hall–Kier alpha value is -3.93. The molecule has 0 bridgehead atoms. The summed E-state index contributed by atoms with van der Waals surface area (Å²) in [5, 5.41) is 27.0. The average Bonchev–Trinajstić information content (AvgIpc) is 3.36. The minimum atomic E-state index is -1.29. The predicted octanol–water partition coefficient (Wildman–Crippen LogP) is 0.469. The molecule has 0 saturated carbocycles. The predicted molar refractivity (Wildman–Crippen MR) is 140 cm³/mol. The van der Waals surface area contributed by atoms with Crippen molar-refractivity contribution < 1.29 is 29.4 Å². The Morgan fingerprint density at radius 1 is 0.895 bits per heavy atom. The molecule has 2 aromatic rings. The lowest BCUT2D eigenvalue weighted by atomic mass is 9.99. The monoisotopic (exact) mass is 530 g/mol. The fraction of sp³-hybridized carbons (Fsp3) is 0.500. The van der Waals surface area contributed by atoms with Crippen LogP contribution in [0.5, 0.6) is 5.75 Å². The van der Waals surface area contributed by atoms with Crippen LogP contribution in [0.2, 0.25) is 0 Å². The van der Waals surface area contributed by atoms with Gasteiger partial charge in [-0.15, -0.1) is 0 Å². The third kappa shape index (κ3) is 9.51. The second kappa shape index (κ2) is 14.1. The van der Waals surface area contributed by atoms with Crippen LogP contribution in [0.15, 0.2) is 36.8 Å². The lowest BCUT2D eigenvalue weighted by Crippen LogP contribution is -2.58. The van der Waals surface area contributed by atoms with Crippen molar-refractivity contribution >= 4 is 23.7 Å². The summed E-state index contributed by atoms with van der Waals surface area (Å²) in [5.41, 5.74) is 7.08. The van der Waals surface area contributed by atoms with Crippen LogP contribution in [0.4, 0.5) is 0 Å². The zero-order valence-electron chi connectivity index (χ0n) is 22.1. The molecule has 38 heavy (non-hydrogen) atoms. The highest BCUT2D eigenvalue weighted by Crippen LogP contribution is 2.12. The smallest absolute Gasteiger partial charge is 0.326 e. The van der Waals surface area contributed by atoms with Gasteiger partial charge in [-0.25, -0.2) is 9.78 Å². The fourth-order valence-electron chi connectivity index (χ4n) is 3.71. The molecule has 12 nitrogen and oxygen atoms in total. The van der Waals surface area contributed by atoms with Crippen LogP contribution >= 0.6 is 0 Å². The van der Waals surface area contributed by atoms with Crippen LogP contribution in [-0.2, 0) is 32.0 Å². The number of aromatic nitrogens is 2. The van der Waals surface area contributed by atoms with Crippen molar-refractivity contribution in [3.05, 3.63) is 48.0 Å². The summed E-state index contributed by atoms with van der Waals surface area (Å²) in [6.45, 7) is 7.38. The van der Waals surface area contributed by atoms with E-state index in [0.29, 0.717) is 17.7 Å². The lowest BCUT2D eigenvalue weighted by Gasteiger charge is -2.26. The number of amides is 3. The third-order valence-electron chi connectivity index (χ3n) is 5.96. The summed E-state index contributed by atoms with van der Waals surface area (Å²) >= 11 is 0. The highest BCUT2D eigenvalue weighted by molar-refractivity contribution is 5.94. The van der Waals surface area contributed by atoms with E-state index in [0.717, 1.165) is 0 Å². The number of H-pyrrole nitrogens is 1. The highest BCUT2D eigenvalue weighted by Gasteiger charge is 2.31. The molecule has 4 atom stereocenters. The number of hydrogen-bond acceptors (Lipinski definition) is 7. The lowest BCUT2D eigenvalue weighted by molar-refractivity contribution is -0.142. The van der Waals surface area contributed by atoms with Crippen LogP contribution in [0, 0.1) is 11.8 Å². The molecule has 8 N–H and O–H groups in total. The first-order valence-electron chi connectivity index (χ1n) is 12.5. The number of nitrogens with two attached hydrogens (primary N) is 1. The molecule has 0 fully saturated rings. The number of phenolic OH excluding ortho intramolecular Hbond substituents is 1. The Labute approximate surface area is 221 Å². The van der Waals surface area contributed by atoms with E-state index < -0.39 is 47.9 Å². The van der Waals surface area contributed by atoms with E-state index in [2.05, 4.69) is 25.9 Å². The number of nitrogens with one attached hydrogen (secondary N) is 4. The summed E-state index contributed by atoms with van der Waals surface area (Å²) < 4.78 is 0. The maximum absolute atomic E-state index is 13.3. The summed E-state index contributed by atoms with van der Waals surface area (Å²) in [4.78, 5) is 57.8. The summed E-state index contributed by atoms with van der Waals surface area (Å²) in [6.07, 6.45) is 3.19. The number of carboxylic acid groups (broad SMARTS) is 1. The highest BCUT2D eigenvalue weighted by atomic mass is 16.4. The van der Waals surface area contributed by atoms with E-state index in [1.54, 1.807) is 26.0 Å². The van der Waals surface area contributed by atoms with Gasteiger partial charge < -0.3 is 36.9 Å². The topological polar surface area (TPSA) is 200 Å². The number of nitrogens with zero attached hydrogens (tertiary/aromatic N) is 1. The summed E-state index contributed by atoms with van der Waals surface area (Å²) in [6, 6.07) is 1.76. The number of benzene rings is 1. The number of rotatable bonds is 14. The fourth-order valence-corrected chi connectivity index (χ4v) is 3.71. The molecule has 0 radical (unpaired) electrons. The Morgan fingerprint density at radius 2 is 1.47 bits per heavy atom. The molecule has 0 aliphatic rings. The van der Waals surface area contributed by atoms with Crippen LogP contribution in [-0.4, -0.2) is 68.0 Å². The van der Waals surface area contributed by atoms with Crippen molar-refractivity contribution in [1.29, 1.82) is 0 Å². The number of carbonyl (C=O) groups excluding carboxylic acids is 3. The first kappa shape index (κ1) is 30.3. The SMILES string of the molecule is CC(C)CC(NC(=O)C(N)C(C)C)C(=O)NC(Cc1cnc[nH]1)C(=O)NC(Cc1ccc(O)cc1)C(=O)O. The van der Waals surface area contributed by atoms with Crippen molar-refractivity contribution in [2.75, 3.05) is 0 Å². The standard InChI is InChI=1S/C26H38N6O6/c1-14(2)9-19(31-25(36)22(27)15(3)4)23(34)30-20(11-17-12-28-13-29-17)24(35)32-21(26(37)38)10-16-5-7-18(33)8-6-16/h5-8,12-15,19-22,33H,9-11,27H2,1-4H3,(H,28,29)(H,30,34)(H,31,36)(H,32,35)(H,37,38). The maximum Gasteiger partial charge on any atom is 0.326 e. The van der Waals surface area contributed by atoms with E-state index in [9.17, 15) is 29.4 Å². The van der Waals surface area contributed by atoms with E-state index in [1.165, 1.54) is 24.7 Å². The van der Waals surface area contributed by atoms with E-state index in [4.69, 9.17) is 5.73 Å². The number of carboxylic acids is 1. The van der Waals surface area contributed by atoms with Crippen molar-refractivity contribution in [2.24, 2.45) is 17.6 Å². The first-order valence-corrected chi connectivity index (χ1v) is 12.5. The minimum Gasteiger partial charge on any atom is -0.508 e. The normalized spacial score (nSPS) is 14.4. The first-order chi connectivity index (χ1) is 17.9. The van der Waals surface area contributed by atoms with Gasteiger partial charge in [0.15, 0.2) is 0 Å². The average molecular weight is 531 g/mol. The van der Waals surface area contributed by atoms with Crippen molar-refractivity contribution in [1.82, 2.24) is 25.9 Å². The van der Waals surface area contributed by atoms with E-state index in [1.807, 2.05) is 13.8 Å². The maximum atomic E-state index is 13.3. The second-order valence-electron chi connectivity index (χ2n) is 10.1. The van der Waals surface area contributed by atoms with Crippen LogP contribution in [0.25, 0.3) is 0 Å². The van der Waals surface area contributed by atoms with Gasteiger partial charge in [0.2, 0.25) is 17.7 Å². The molecule has 1 aromatic heterocycles. The number of aliphatic carboxylic acids is 1. The molecule has 0 saturated heterocycles. The van der Waals surface area contributed by atoms with Crippen molar-refractivity contribution in [3.63, 3.8) is 0 Å². The Balaban J connectivity index is 2.22. The molecular formula is C26H38N6O6. The quantitative estimate of drug-likeness (QED) is 0.183.